The molecule has 1 aromatic heterocycles. The van der Waals surface area contributed by atoms with Gasteiger partial charge in [-0.15, -0.1) is 0 Å². The average Bonchev–Trinajstić information content (AvgIpc) is 3.33. The van der Waals surface area contributed by atoms with E-state index in [4.69, 9.17) is 4.52 Å². The van der Waals surface area contributed by atoms with Gasteiger partial charge in [-0.1, -0.05) is 54.0 Å². The zero-order valence-corrected chi connectivity index (χ0v) is 19.6. The minimum Gasteiger partial charge on any atom is -0.352 e. The maximum absolute atomic E-state index is 13.2. The third-order valence-electron chi connectivity index (χ3n) is 5.91. The number of aromatic nitrogens is 2. The molecule has 9 heteroatoms. The van der Waals surface area contributed by atoms with Crippen molar-refractivity contribution in [3.8, 4) is 11.4 Å². The number of hydrogen-bond donors (Lipinski definition) is 1. The van der Waals surface area contributed by atoms with Crippen LogP contribution in [0, 0.1) is 12.8 Å². The van der Waals surface area contributed by atoms with Crippen molar-refractivity contribution >= 4 is 15.9 Å². The van der Waals surface area contributed by atoms with Crippen LogP contribution < -0.4 is 5.32 Å². The van der Waals surface area contributed by atoms with Gasteiger partial charge >= 0.3 is 0 Å². The van der Waals surface area contributed by atoms with Crippen LogP contribution in [0.3, 0.4) is 0 Å². The number of hydrogen-bond acceptors (Lipinski definition) is 6. The van der Waals surface area contributed by atoms with Crippen LogP contribution >= 0.6 is 0 Å². The molecule has 2 heterocycles. The minimum absolute atomic E-state index is 0.0292. The number of nitrogens with zero attached hydrogens (tertiary/aromatic N) is 3. The van der Waals surface area contributed by atoms with Gasteiger partial charge in [0, 0.05) is 37.5 Å². The lowest BCUT2D eigenvalue weighted by Crippen LogP contribution is -2.42. The SMILES string of the molecule is CCc1nc(-c2cccc(S(=O)(=O)N3CCC(C(=O)NCc4ccc(C)cc4)CC3)c2)no1. The fraction of sp³-hybridized carbons (Fsp3) is 0.375. The highest BCUT2D eigenvalue weighted by Crippen LogP contribution is 2.26. The number of rotatable bonds is 7. The molecule has 1 aliphatic heterocycles. The second-order valence-electron chi connectivity index (χ2n) is 8.27. The fourth-order valence-electron chi connectivity index (χ4n) is 3.86. The van der Waals surface area contributed by atoms with E-state index in [1.54, 1.807) is 24.3 Å². The van der Waals surface area contributed by atoms with Gasteiger partial charge in [0.15, 0.2) is 0 Å². The predicted octanol–water partition coefficient (Wildman–Crippen LogP) is 3.32. The third-order valence-corrected chi connectivity index (χ3v) is 7.81. The Morgan fingerprint density at radius 1 is 1.15 bits per heavy atom. The van der Waals surface area contributed by atoms with Crippen molar-refractivity contribution in [2.24, 2.45) is 5.92 Å². The minimum atomic E-state index is -3.68. The standard InChI is InChI=1S/C24H28N4O4S/c1-3-22-26-23(27-32-22)20-5-4-6-21(15-20)33(30,31)28-13-11-19(12-14-28)24(29)25-16-18-9-7-17(2)8-10-18/h4-10,15,19H,3,11-14,16H2,1-2H3,(H,25,29). The van der Waals surface area contributed by atoms with Gasteiger partial charge < -0.3 is 9.84 Å². The maximum Gasteiger partial charge on any atom is 0.243 e. The van der Waals surface area contributed by atoms with E-state index in [9.17, 15) is 13.2 Å². The average molecular weight is 469 g/mol. The van der Waals surface area contributed by atoms with Crippen molar-refractivity contribution in [2.75, 3.05) is 13.1 Å². The quantitative estimate of drug-likeness (QED) is 0.570. The Morgan fingerprint density at radius 2 is 1.88 bits per heavy atom. The smallest absolute Gasteiger partial charge is 0.243 e. The summed E-state index contributed by atoms with van der Waals surface area (Å²) in [5.74, 6) is 0.646. The number of amides is 1. The summed E-state index contributed by atoms with van der Waals surface area (Å²) < 4.78 is 33.0. The van der Waals surface area contributed by atoms with Gasteiger partial charge in [-0.05, 0) is 37.5 Å². The second kappa shape index (κ2) is 9.84. The van der Waals surface area contributed by atoms with Crippen LogP contribution in [0.1, 0.15) is 36.8 Å². The van der Waals surface area contributed by atoms with E-state index >= 15 is 0 Å². The molecule has 1 amide bonds. The van der Waals surface area contributed by atoms with Gasteiger partial charge in [0.25, 0.3) is 0 Å². The largest absolute Gasteiger partial charge is 0.352 e. The highest BCUT2D eigenvalue weighted by atomic mass is 32.2. The second-order valence-corrected chi connectivity index (χ2v) is 10.2. The molecule has 1 N–H and O–H groups in total. The Kier molecular flexibility index (Phi) is 6.90. The molecule has 8 nitrogen and oxygen atoms in total. The van der Waals surface area contributed by atoms with Crippen LogP contribution in [0.15, 0.2) is 57.9 Å². The van der Waals surface area contributed by atoms with Crippen LogP contribution in [0.2, 0.25) is 0 Å². The van der Waals surface area contributed by atoms with Gasteiger partial charge in [-0.2, -0.15) is 9.29 Å². The first-order valence-electron chi connectivity index (χ1n) is 11.1. The number of benzene rings is 2. The van der Waals surface area contributed by atoms with Gasteiger partial charge in [0.2, 0.25) is 27.6 Å². The molecule has 3 aromatic rings. The van der Waals surface area contributed by atoms with Crippen molar-refractivity contribution in [3.05, 3.63) is 65.5 Å². The first-order chi connectivity index (χ1) is 15.9. The molecular weight excluding hydrogens is 440 g/mol. The molecule has 0 radical (unpaired) electrons. The first-order valence-corrected chi connectivity index (χ1v) is 12.6. The normalized spacial score (nSPS) is 15.5. The van der Waals surface area contributed by atoms with Gasteiger partial charge in [0.1, 0.15) is 0 Å². The highest BCUT2D eigenvalue weighted by Gasteiger charge is 2.32. The van der Waals surface area contributed by atoms with E-state index in [0.717, 1.165) is 5.56 Å². The number of carbonyl (C=O) groups is 1. The van der Waals surface area contributed by atoms with Gasteiger partial charge in [-0.25, -0.2) is 8.42 Å². The number of piperidine rings is 1. The molecule has 0 aliphatic carbocycles. The number of sulfonamides is 1. The molecule has 1 fully saturated rings. The molecule has 0 saturated carbocycles. The highest BCUT2D eigenvalue weighted by molar-refractivity contribution is 7.89. The first kappa shape index (κ1) is 23.1. The van der Waals surface area contributed by atoms with E-state index in [2.05, 4.69) is 15.5 Å². The van der Waals surface area contributed by atoms with E-state index in [0.29, 0.717) is 56.2 Å². The van der Waals surface area contributed by atoms with E-state index in [-0.39, 0.29) is 16.7 Å². The summed E-state index contributed by atoms with van der Waals surface area (Å²) in [5.41, 5.74) is 2.80. The molecule has 0 unspecified atom stereocenters. The summed E-state index contributed by atoms with van der Waals surface area (Å²) in [7, 11) is -3.68. The van der Waals surface area contributed by atoms with Crippen molar-refractivity contribution < 1.29 is 17.7 Å². The monoisotopic (exact) mass is 468 g/mol. The summed E-state index contributed by atoms with van der Waals surface area (Å²) in [5, 5.41) is 6.90. The molecule has 4 rings (SSSR count). The summed E-state index contributed by atoms with van der Waals surface area (Å²) in [6.07, 6.45) is 1.59. The lowest BCUT2D eigenvalue weighted by molar-refractivity contribution is -0.126. The lowest BCUT2D eigenvalue weighted by Gasteiger charge is -2.30. The van der Waals surface area contributed by atoms with Crippen LogP contribution in [-0.4, -0.2) is 41.9 Å². The Balaban J connectivity index is 1.37. The van der Waals surface area contributed by atoms with Crippen LogP contribution in [0.25, 0.3) is 11.4 Å². The number of carbonyl (C=O) groups excluding carboxylic acids is 1. The Morgan fingerprint density at radius 3 is 2.55 bits per heavy atom. The van der Waals surface area contributed by atoms with Crippen molar-refractivity contribution in [2.45, 2.75) is 44.6 Å². The Hall–Kier alpha value is -3.04. The van der Waals surface area contributed by atoms with Gasteiger partial charge in [0.05, 0.1) is 4.90 Å². The predicted molar refractivity (Wildman–Crippen MR) is 124 cm³/mol. The molecule has 0 spiro atoms. The van der Waals surface area contributed by atoms with E-state index in [1.807, 2.05) is 38.1 Å². The van der Waals surface area contributed by atoms with Crippen molar-refractivity contribution in [1.82, 2.24) is 19.8 Å². The summed E-state index contributed by atoms with van der Waals surface area (Å²) in [4.78, 5) is 17.1. The van der Waals surface area contributed by atoms with Crippen molar-refractivity contribution in [3.63, 3.8) is 0 Å². The zero-order valence-electron chi connectivity index (χ0n) is 18.8. The molecule has 0 bridgehead atoms. The molecule has 1 saturated heterocycles. The summed E-state index contributed by atoms with van der Waals surface area (Å²) >= 11 is 0. The summed E-state index contributed by atoms with van der Waals surface area (Å²) in [6.45, 7) is 5.01. The third kappa shape index (κ3) is 5.31. The maximum atomic E-state index is 13.2. The lowest BCUT2D eigenvalue weighted by atomic mass is 9.97. The van der Waals surface area contributed by atoms with Crippen LogP contribution in [-0.2, 0) is 27.8 Å². The zero-order chi connectivity index (χ0) is 23.4. The van der Waals surface area contributed by atoms with Crippen LogP contribution in [0.5, 0.6) is 0 Å². The van der Waals surface area contributed by atoms with Gasteiger partial charge in [-0.3, -0.25) is 4.79 Å². The molecule has 2 aromatic carbocycles. The van der Waals surface area contributed by atoms with Crippen LogP contribution in [0.4, 0.5) is 0 Å². The topological polar surface area (TPSA) is 105 Å². The molecular formula is C24H28N4O4S. The molecule has 174 valence electrons. The van der Waals surface area contributed by atoms with Crippen molar-refractivity contribution in [1.29, 1.82) is 0 Å². The Bertz CT molecular complexity index is 1210. The molecule has 0 atom stereocenters. The molecule has 33 heavy (non-hydrogen) atoms. The Labute approximate surface area is 194 Å². The fourth-order valence-corrected chi connectivity index (χ4v) is 5.37. The number of nitrogens with one attached hydrogen (secondary N) is 1. The number of aryl methyl sites for hydroxylation is 2. The molecule has 1 aliphatic rings. The van der Waals surface area contributed by atoms with E-state index in [1.165, 1.54) is 9.87 Å². The summed E-state index contributed by atoms with van der Waals surface area (Å²) in [6, 6.07) is 14.6. The van der Waals surface area contributed by atoms with E-state index < -0.39 is 10.0 Å².